The van der Waals surface area contributed by atoms with Crippen LogP contribution in [-0.4, -0.2) is 39.8 Å². The first-order valence-electron chi connectivity index (χ1n) is 9.29. The molecule has 1 aromatic carbocycles. The fourth-order valence-corrected chi connectivity index (χ4v) is 4.15. The van der Waals surface area contributed by atoms with E-state index in [0.717, 1.165) is 23.8 Å². The SMILES string of the molecule is COCCN(Cc1ccc(C)cc1)Cc1cc(=O)n2nc(C3CC3)sc2n1. The van der Waals surface area contributed by atoms with Gasteiger partial charge in [0, 0.05) is 38.7 Å². The number of hydrogen-bond donors (Lipinski definition) is 0. The molecule has 6 nitrogen and oxygen atoms in total. The Morgan fingerprint density at radius 1 is 1.26 bits per heavy atom. The summed E-state index contributed by atoms with van der Waals surface area (Å²) in [7, 11) is 1.71. The lowest BCUT2D eigenvalue weighted by atomic mass is 10.1. The molecule has 1 saturated carbocycles. The van der Waals surface area contributed by atoms with Crippen molar-refractivity contribution < 1.29 is 4.74 Å². The number of aromatic nitrogens is 3. The van der Waals surface area contributed by atoms with Gasteiger partial charge in [0.2, 0.25) is 4.96 Å². The van der Waals surface area contributed by atoms with Gasteiger partial charge in [0.1, 0.15) is 5.01 Å². The summed E-state index contributed by atoms with van der Waals surface area (Å²) in [4.78, 5) is 20.1. The van der Waals surface area contributed by atoms with Crippen molar-refractivity contribution in [3.8, 4) is 0 Å². The van der Waals surface area contributed by atoms with Gasteiger partial charge in [-0.3, -0.25) is 9.69 Å². The highest BCUT2D eigenvalue weighted by molar-refractivity contribution is 7.16. The van der Waals surface area contributed by atoms with Gasteiger partial charge >= 0.3 is 0 Å². The summed E-state index contributed by atoms with van der Waals surface area (Å²) in [6, 6.07) is 10.1. The van der Waals surface area contributed by atoms with Crippen molar-refractivity contribution in [1.82, 2.24) is 19.5 Å². The number of rotatable bonds is 8. The molecule has 0 bridgehead atoms. The van der Waals surface area contributed by atoms with Crippen LogP contribution in [0.2, 0.25) is 0 Å². The molecule has 4 rings (SSSR count). The molecule has 0 unspecified atom stereocenters. The molecule has 7 heteroatoms. The molecule has 1 aliphatic carbocycles. The Kier molecular flexibility index (Phi) is 5.33. The minimum Gasteiger partial charge on any atom is -0.383 e. The molecule has 27 heavy (non-hydrogen) atoms. The summed E-state index contributed by atoms with van der Waals surface area (Å²) in [6.07, 6.45) is 2.34. The number of methoxy groups -OCH3 is 1. The summed E-state index contributed by atoms with van der Waals surface area (Å²) in [6.45, 7) is 4.91. The van der Waals surface area contributed by atoms with E-state index in [4.69, 9.17) is 9.72 Å². The summed E-state index contributed by atoms with van der Waals surface area (Å²) >= 11 is 1.54. The molecule has 142 valence electrons. The first-order valence-corrected chi connectivity index (χ1v) is 10.1. The molecule has 2 aromatic heterocycles. The van der Waals surface area contributed by atoms with Crippen LogP contribution < -0.4 is 5.56 Å². The molecule has 0 aliphatic heterocycles. The van der Waals surface area contributed by atoms with Gasteiger partial charge in [0.15, 0.2) is 0 Å². The predicted octanol–water partition coefficient (Wildman–Crippen LogP) is 2.99. The van der Waals surface area contributed by atoms with Crippen molar-refractivity contribution in [1.29, 1.82) is 0 Å². The number of benzene rings is 1. The van der Waals surface area contributed by atoms with Crippen LogP contribution in [-0.2, 0) is 17.8 Å². The van der Waals surface area contributed by atoms with E-state index < -0.39 is 0 Å². The highest BCUT2D eigenvalue weighted by atomic mass is 32.1. The van der Waals surface area contributed by atoms with E-state index in [0.29, 0.717) is 24.0 Å². The molecule has 1 fully saturated rings. The zero-order valence-corrected chi connectivity index (χ0v) is 16.5. The Morgan fingerprint density at radius 2 is 2.04 bits per heavy atom. The predicted molar refractivity (Wildman–Crippen MR) is 106 cm³/mol. The van der Waals surface area contributed by atoms with Crippen LogP contribution in [0.1, 0.15) is 40.6 Å². The van der Waals surface area contributed by atoms with Crippen LogP contribution in [0.4, 0.5) is 0 Å². The van der Waals surface area contributed by atoms with E-state index in [1.54, 1.807) is 24.5 Å². The number of fused-ring (bicyclic) bond motifs is 1. The summed E-state index contributed by atoms with van der Waals surface area (Å²) in [5.41, 5.74) is 3.18. The second kappa shape index (κ2) is 7.88. The maximum atomic E-state index is 12.5. The van der Waals surface area contributed by atoms with Crippen LogP contribution in [0, 0.1) is 6.92 Å². The zero-order chi connectivity index (χ0) is 18.8. The van der Waals surface area contributed by atoms with Gasteiger partial charge < -0.3 is 4.74 Å². The van der Waals surface area contributed by atoms with E-state index in [9.17, 15) is 4.79 Å². The van der Waals surface area contributed by atoms with E-state index in [1.165, 1.54) is 28.5 Å². The molecule has 1 aliphatic rings. The number of nitrogens with zero attached hydrogens (tertiary/aromatic N) is 4. The van der Waals surface area contributed by atoms with Crippen molar-refractivity contribution in [3.05, 3.63) is 62.5 Å². The van der Waals surface area contributed by atoms with E-state index in [-0.39, 0.29) is 5.56 Å². The fourth-order valence-electron chi connectivity index (χ4n) is 3.06. The largest absolute Gasteiger partial charge is 0.383 e. The maximum absolute atomic E-state index is 12.5. The van der Waals surface area contributed by atoms with E-state index in [1.807, 2.05) is 0 Å². The third kappa shape index (κ3) is 4.43. The highest BCUT2D eigenvalue weighted by Crippen LogP contribution is 2.41. The number of hydrogen-bond acceptors (Lipinski definition) is 6. The second-order valence-electron chi connectivity index (χ2n) is 7.18. The molecule has 0 radical (unpaired) electrons. The molecular weight excluding hydrogens is 360 g/mol. The summed E-state index contributed by atoms with van der Waals surface area (Å²) in [5, 5.41) is 5.48. The van der Waals surface area contributed by atoms with Crippen LogP contribution in [0.3, 0.4) is 0 Å². The Hall–Kier alpha value is -2.09. The van der Waals surface area contributed by atoms with Gasteiger partial charge in [0.05, 0.1) is 12.3 Å². The molecule has 0 spiro atoms. The standard InChI is InChI=1S/C20H24N4O2S/c1-14-3-5-15(6-4-14)12-23(9-10-26-2)13-17-11-18(25)24-20(21-17)27-19(22-24)16-7-8-16/h3-6,11,16H,7-10,12-13H2,1-2H3. The third-order valence-corrected chi connectivity index (χ3v) is 5.84. The van der Waals surface area contributed by atoms with Gasteiger partial charge in [-0.15, -0.1) is 0 Å². The van der Waals surface area contributed by atoms with Crippen molar-refractivity contribution in [2.24, 2.45) is 0 Å². The third-order valence-electron chi connectivity index (χ3n) is 4.76. The molecule has 0 atom stereocenters. The highest BCUT2D eigenvalue weighted by Gasteiger charge is 2.28. The van der Waals surface area contributed by atoms with Crippen molar-refractivity contribution in [2.45, 2.75) is 38.8 Å². The average molecular weight is 385 g/mol. The smallest absolute Gasteiger partial charge is 0.275 e. The number of aryl methyl sites for hydroxylation is 1. The van der Waals surface area contributed by atoms with Crippen molar-refractivity contribution in [2.75, 3.05) is 20.3 Å². The van der Waals surface area contributed by atoms with Crippen LogP contribution >= 0.6 is 11.3 Å². The Labute approximate surface area is 162 Å². The molecule has 2 heterocycles. The van der Waals surface area contributed by atoms with E-state index >= 15 is 0 Å². The van der Waals surface area contributed by atoms with Gasteiger partial charge in [-0.1, -0.05) is 41.2 Å². The molecule has 3 aromatic rings. The molecule has 0 saturated heterocycles. The van der Waals surface area contributed by atoms with Gasteiger partial charge in [-0.2, -0.15) is 9.61 Å². The molecule has 0 N–H and O–H groups in total. The first kappa shape index (κ1) is 18.3. The molecular formula is C20H24N4O2S. The maximum Gasteiger partial charge on any atom is 0.275 e. The van der Waals surface area contributed by atoms with Gasteiger partial charge in [-0.05, 0) is 25.3 Å². The summed E-state index contributed by atoms with van der Waals surface area (Å²) < 4.78 is 6.71. The lowest BCUT2D eigenvalue weighted by molar-refractivity contribution is 0.139. The number of ether oxygens (including phenoxy) is 1. The lowest BCUT2D eigenvalue weighted by Crippen LogP contribution is -2.28. The minimum atomic E-state index is -0.0971. The first-order chi connectivity index (χ1) is 13.1. The van der Waals surface area contributed by atoms with Crippen molar-refractivity contribution in [3.63, 3.8) is 0 Å². The van der Waals surface area contributed by atoms with E-state index in [2.05, 4.69) is 41.2 Å². The van der Waals surface area contributed by atoms with Crippen LogP contribution in [0.15, 0.2) is 35.1 Å². The van der Waals surface area contributed by atoms with Gasteiger partial charge in [0.25, 0.3) is 5.56 Å². The lowest BCUT2D eigenvalue weighted by Gasteiger charge is -2.21. The summed E-state index contributed by atoms with van der Waals surface area (Å²) in [5.74, 6) is 0.527. The fraction of sp³-hybridized carbons (Fsp3) is 0.450. The normalized spacial score (nSPS) is 14.3. The van der Waals surface area contributed by atoms with Crippen LogP contribution in [0.5, 0.6) is 0 Å². The minimum absolute atomic E-state index is 0.0971. The quantitative estimate of drug-likeness (QED) is 0.598. The second-order valence-corrected chi connectivity index (χ2v) is 8.17. The molecule has 0 amide bonds. The zero-order valence-electron chi connectivity index (χ0n) is 15.7. The van der Waals surface area contributed by atoms with Gasteiger partial charge in [-0.25, -0.2) is 4.98 Å². The van der Waals surface area contributed by atoms with Crippen LogP contribution in [0.25, 0.3) is 4.96 Å². The van der Waals surface area contributed by atoms with Crippen molar-refractivity contribution >= 4 is 16.3 Å². The average Bonchev–Trinajstić information content (AvgIpc) is 3.41. The Morgan fingerprint density at radius 3 is 2.74 bits per heavy atom. The topological polar surface area (TPSA) is 59.7 Å². The Balaban J connectivity index is 1.55. The monoisotopic (exact) mass is 384 g/mol. The Bertz CT molecular complexity index is 976.